The number of halogens is 16. The second-order valence-corrected chi connectivity index (χ2v) is 4.32. The molecule has 0 aliphatic carbocycles. The van der Waals surface area contributed by atoms with Crippen LogP contribution in [0.1, 0.15) is 0 Å². The molecule has 2 nitrogen and oxygen atoms in total. The molecule has 1 atom stereocenters. The molecule has 0 saturated heterocycles. The third-order valence-corrected chi connectivity index (χ3v) is 2.72. The molecule has 0 radical (unpaired) electrons. The molecule has 0 fully saturated rings. The topological polar surface area (TPSA) is 26.3 Å². The first-order chi connectivity index (χ1) is 11.0. The fourth-order valence-corrected chi connectivity index (χ4v) is 1.29. The van der Waals surface area contributed by atoms with Gasteiger partial charge in [-0.1, -0.05) is 0 Å². The van der Waals surface area contributed by atoms with E-state index < -0.39 is 47.7 Å². The van der Waals surface area contributed by atoms with Crippen molar-refractivity contribution in [2.24, 2.45) is 0 Å². The Morgan fingerprint density at radius 3 is 1.04 bits per heavy atom. The van der Waals surface area contributed by atoms with Crippen molar-refractivity contribution < 1.29 is 80.1 Å². The van der Waals surface area contributed by atoms with Crippen molar-refractivity contribution >= 4 is 57.4 Å². The van der Waals surface area contributed by atoms with Gasteiger partial charge in [-0.2, -0.15) is 61.5 Å². The molecule has 19 heteroatoms. The van der Waals surface area contributed by atoms with Crippen molar-refractivity contribution in [1.82, 2.24) is 0 Å². The maximum absolute atomic E-state index is 13.5. The first-order valence-electron chi connectivity index (χ1n) is 5.15. The summed E-state index contributed by atoms with van der Waals surface area (Å²) in [5.74, 6) is -38.1. The molecular weight excluding hydrogens is 471 g/mol. The molecular formula is C8HF16KO2. The molecule has 0 spiro atoms. The van der Waals surface area contributed by atoms with E-state index in [2.05, 4.69) is 0 Å². The van der Waals surface area contributed by atoms with Gasteiger partial charge in [-0.15, -0.1) is 0 Å². The van der Waals surface area contributed by atoms with Gasteiger partial charge in [-0.3, -0.25) is 4.94 Å². The van der Waals surface area contributed by atoms with Crippen LogP contribution in [0.15, 0.2) is 0 Å². The predicted molar refractivity (Wildman–Crippen MR) is 50.1 cm³/mol. The first-order valence-corrected chi connectivity index (χ1v) is 5.15. The van der Waals surface area contributed by atoms with Gasteiger partial charge in [-0.05, 0) is 0 Å². The molecule has 0 aromatic rings. The van der Waals surface area contributed by atoms with Crippen LogP contribution in [0.3, 0.4) is 0 Å². The predicted octanol–water partition coefficient (Wildman–Crippen LogP) is 4.14. The molecule has 158 valence electrons. The van der Waals surface area contributed by atoms with Crippen molar-refractivity contribution in [1.29, 1.82) is 0 Å². The normalized spacial score (nSPS) is 17.0. The zero-order chi connectivity index (χ0) is 21.8. The Balaban J connectivity index is 0. The number of carbonyl (C=O) groups excluding carboxylic acids is 1. The Morgan fingerprint density at radius 1 is 0.519 bits per heavy atom. The molecule has 0 saturated carbocycles. The summed E-state index contributed by atoms with van der Waals surface area (Å²) in [6.07, 6.45) is -15.5. The summed E-state index contributed by atoms with van der Waals surface area (Å²) < 4.78 is 199. The molecule has 0 bridgehead atoms. The fraction of sp³-hybridized carbons (Fsp3) is 0.875. The number of alkyl halides is 15. The van der Waals surface area contributed by atoms with Crippen LogP contribution >= 0.6 is 0 Å². The fourth-order valence-electron chi connectivity index (χ4n) is 1.29. The van der Waals surface area contributed by atoms with E-state index in [9.17, 15) is 75.2 Å². The Morgan fingerprint density at radius 2 is 0.815 bits per heavy atom. The summed E-state index contributed by atoms with van der Waals surface area (Å²) in [6, 6.07) is 0. The molecule has 0 N–H and O–H groups in total. The summed E-state index contributed by atoms with van der Waals surface area (Å²) in [4.78, 5) is 11.5. The van der Waals surface area contributed by atoms with Gasteiger partial charge in [0.1, 0.15) is 0 Å². The standard InChI is InChI=1S/C8F16O2.K.H/c9-2(1(25)26-24,4(12,13)7(18,19)20)3(10,11)5(14,15)6(16,17)8(21,22)23;;. The maximum atomic E-state index is 13.5. The number of hydrogen-bond acceptors (Lipinski definition) is 2. The van der Waals surface area contributed by atoms with Crippen molar-refractivity contribution in [3.05, 3.63) is 0 Å². The molecule has 0 heterocycles. The van der Waals surface area contributed by atoms with Crippen LogP contribution in [0.5, 0.6) is 0 Å². The van der Waals surface area contributed by atoms with Crippen molar-refractivity contribution in [2.75, 3.05) is 0 Å². The van der Waals surface area contributed by atoms with Gasteiger partial charge in [-0.25, -0.2) is 9.18 Å². The van der Waals surface area contributed by atoms with Crippen molar-refractivity contribution in [3.63, 3.8) is 0 Å². The third kappa shape index (κ3) is 3.89. The Bertz CT molecular complexity index is 550. The molecule has 0 amide bonds. The number of carbonyl (C=O) groups is 1. The van der Waals surface area contributed by atoms with Crippen LogP contribution < -0.4 is 0 Å². The minimum absolute atomic E-state index is 0. The third-order valence-electron chi connectivity index (χ3n) is 2.72. The summed E-state index contributed by atoms with van der Waals surface area (Å²) in [7, 11) is 0. The van der Waals surface area contributed by atoms with Crippen LogP contribution in [-0.4, -0.2) is 99.1 Å². The second kappa shape index (κ2) is 7.67. The van der Waals surface area contributed by atoms with Crippen molar-refractivity contribution in [2.45, 2.75) is 41.7 Å². The van der Waals surface area contributed by atoms with E-state index >= 15 is 0 Å². The van der Waals surface area contributed by atoms with E-state index in [1.54, 1.807) is 0 Å². The van der Waals surface area contributed by atoms with Crippen LogP contribution in [0, 0.1) is 0 Å². The molecule has 0 rings (SSSR count). The molecule has 1 unspecified atom stereocenters. The van der Waals surface area contributed by atoms with Gasteiger partial charge in [0.05, 0.1) is 0 Å². The first kappa shape index (κ1) is 29.2. The van der Waals surface area contributed by atoms with E-state index in [1.165, 1.54) is 4.94 Å². The van der Waals surface area contributed by atoms with Gasteiger partial charge >= 0.3 is 99.1 Å². The average molecular weight is 472 g/mol. The van der Waals surface area contributed by atoms with Crippen LogP contribution in [-0.2, 0) is 9.74 Å². The van der Waals surface area contributed by atoms with Crippen LogP contribution in [0.4, 0.5) is 70.4 Å². The molecule has 0 aliphatic rings. The van der Waals surface area contributed by atoms with Gasteiger partial charge in [0.15, 0.2) is 0 Å². The van der Waals surface area contributed by atoms with Crippen molar-refractivity contribution in [3.8, 4) is 0 Å². The van der Waals surface area contributed by atoms with E-state index in [-0.39, 0.29) is 51.4 Å². The molecule has 0 aromatic carbocycles. The monoisotopic (exact) mass is 472 g/mol. The average Bonchev–Trinajstić information content (AvgIpc) is 2.41. The van der Waals surface area contributed by atoms with E-state index in [1.807, 2.05) is 0 Å². The van der Waals surface area contributed by atoms with Gasteiger partial charge < -0.3 is 0 Å². The summed E-state index contributed by atoms with van der Waals surface area (Å²) >= 11 is 0. The van der Waals surface area contributed by atoms with E-state index in [0.717, 1.165) is 0 Å². The SMILES string of the molecule is O=C(OF)C(F)(C(F)(F)C(F)(F)F)C(F)(F)C(F)(F)C(F)(F)C(F)(F)F.[KH]. The second-order valence-electron chi connectivity index (χ2n) is 4.32. The zero-order valence-corrected chi connectivity index (χ0v) is 10.9. The van der Waals surface area contributed by atoms with E-state index in [4.69, 9.17) is 0 Å². The summed E-state index contributed by atoms with van der Waals surface area (Å²) in [6.45, 7) is 0. The Labute approximate surface area is 178 Å². The molecule has 0 aromatic heterocycles. The van der Waals surface area contributed by atoms with E-state index in [0.29, 0.717) is 0 Å². The zero-order valence-electron chi connectivity index (χ0n) is 10.9. The number of rotatable bonds is 5. The van der Waals surface area contributed by atoms with Crippen LogP contribution in [0.25, 0.3) is 0 Å². The molecule has 27 heavy (non-hydrogen) atoms. The number of hydrogen-bond donors (Lipinski definition) is 0. The Hall–Kier alpha value is -0.0136. The molecule has 0 aliphatic heterocycles. The summed E-state index contributed by atoms with van der Waals surface area (Å²) in [5.41, 5.74) is -8.06. The van der Waals surface area contributed by atoms with Crippen LogP contribution in [0.2, 0.25) is 0 Å². The Kier molecular flexibility index (Phi) is 8.29. The quantitative estimate of drug-likeness (QED) is 0.445. The van der Waals surface area contributed by atoms with Gasteiger partial charge in [0.2, 0.25) is 0 Å². The minimum atomic E-state index is -8.50. The van der Waals surface area contributed by atoms with Gasteiger partial charge in [0.25, 0.3) is 0 Å². The van der Waals surface area contributed by atoms with Gasteiger partial charge in [0, 0.05) is 4.53 Å². The summed E-state index contributed by atoms with van der Waals surface area (Å²) in [5, 5.41) is 0.